The predicted molar refractivity (Wildman–Crippen MR) is 114 cm³/mol. The summed E-state index contributed by atoms with van der Waals surface area (Å²) in [5.41, 5.74) is -0.771. The average molecular weight is 420 g/mol. The van der Waals surface area contributed by atoms with E-state index in [1.165, 1.54) is 12.2 Å². The third-order valence-electron chi connectivity index (χ3n) is 3.54. The number of carbonyl (C=O) groups excluding carboxylic acids is 3. The number of hydrogen-bond acceptors (Lipinski definition) is 6. The van der Waals surface area contributed by atoms with Crippen LogP contribution in [-0.2, 0) is 25.4 Å². The summed E-state index contributed by atoms with van der Waals surface area (Å²) in [6.07, 6.45) is 1.23. The first-order chi connectivity index (χ1) is 13.8. The molecule has 1 atom stereocenters. The van der Waals surface area contributed by atoms with Gasteiger partial charge in [0.1, 0.15) is 11.2 Å². The molecule has 0 unspecified atom stereocenters. The van der Waals surface area contributed by atoms with Crippen molar-refractivity contribution in [3.8, 4) is 0 Å². The van der Waals surface area contributed by atoms with Gasteiger partial charge in [-0.25, -0.2) is 19.3 Å². The summed E-state index contributed by atoms with van der Waals surface area (Å²) in [6, 6.07) is 8.49. The lowest BCUT2D eigenvalue weighted by Crippen LogP contribution is -2.49. The Balaban J connectivity index is 3.34. The number of carbonyl (C=O) groups is 3. The van der Waals surface area contributed by atoms with Crippen molar-refractivity contribution in [3.63, 3.8) is 0 Å². The second kappa shape index (κ2) is 10.8. The maximum absolute atomic E-state index is 12.9. The van der Waals surface area contributed by atoms with Crippen LogP contribution in [0.15, 0.2) is 42.5 Å². The largest absolute Gasteiger partial charge is 0.463 e. The van der Waals surface area contributed by atoms with E-state index in [0.717, 1.165) is 10.5 Å². The Morgan fingerprint density at radius 1 is 0.933 bits per heavy atom. The molecule has 0 aliphatic carbocycles. The summed E-state index contributed by atoms with van der Waals surface area (Å²) in [7, 11) is 0. The number of nitrogens with zero attached hydrogens (tertiary/aromatic N) is 1. The molecule has 0 heterocycles. The van der Waals surface area contributed by atoms with E-state index in [1.54, 1.807) is 48.5 Å². The summed E-state index contributed by atoms with van der Waals surface area (Å²) in [5, 5.41) is 0. The van der Waals surface area contributed by atoms with E-state index >= 15 is 0 Å². The number of benzene rings is 1. The molecule has 2 amide bonds. The predicted octanol–water partition coefficient (Wildman–Crippen LogP) is 4.89. The van der Waals surface area contributed by atoms with Gasteiger partial charge in [0.25, 0.3) is 0 Å². The fraction of sp³-hybridized carbons (Fsp3) is 0.522. The first-order valence-electron chi connectivity index (χ1n) is 9.96. The number of imide groups is 1. The average Bonchev–Trinajstić information content (AvgIpc) is 2.57. The fourth-order valence-electron chi connectivity index (χ4n) is 2.45. The lowest BCUT2D eigenvalue weighted by atomic mass is 10.0. The van der Waals surface area contributed by atoms with E-state index in [1.807, 2.05) is 30.3 Å². The second-order valence-electron chi connectivity index (χ2n) is 8.70. The molecule has 0 N–H and O–H groups in total. The molecule has 1 aromatic rings. The monoisotopic (exact) mass is 419 g/mol. The van der Waals surface area contributed by atoms with Crippen LogP contribution in [-0.4, -0.2) is 46.9 Å². The number of rotatable bonds is 6. The van der Waals surface area contributed by atoms with Crippen molar-refractivity contribution >= 4 is 18.2 Å². The summed E-state index contributed by atoms with van der Waals surface area (Å²) in [4.78, 5) is 38.6. The lowest BCUT2D eigenvalue weighted by Gasteiger charge is -2.32. The van der Waals surface area contributed by atoms with Crippen molar-refractivity contribution in [2.45, 2.75) is 72.1 Å². The number of hydrogen-bond donors (Lipinski definition) is 0. The van der Waals surface area contributed by atoms with Crippen LogP contribution in [0.1, 0.15) is 54.0 Å². The summed E-state index contributed by atoms with van der Waals surface area (Å²) >= 11 is 0. The molecule has 0 spiro atoms. The van der Waals surface area contributed by atoms with Crippen molar-refractivity contribution in [3.05, 3.63) is 48.0 Å². The normalized spacial score (nSPS) is 12.9. The van der Waals surface area contributed by atoms with Gasteiger partial charge in [-0.05, 0) is 60.5 Å². The Morgan fingerprint density at radius 2 is 1.43 bits per heavy atom. The summed E-state index contributed by atoms with van der Waals surface area (Å²) in [6.45, 7) is 12.2. The molecular weight excluding hydrogens is 386 g/mol. The summed E-state index contributed by atoms with van der Waals surface area (Å²) in [5.74, 6) is -0.566. The third-order valence-corrected chi connectivity index (χ3v) is 3.54. The smallest absolute Gasteiger partial charge is 0.420 e. The van der Waals surface area contributed by atoms with Gasteiger partial charge < -0.3 is 14.2 Å². The van der Waals surface area contributed by atoms with Crippen LogP contribution in [0.3, 0.4) is 0 Å². The minimum Gasteiger partial charge on any atom is -0.463 e. The maximum atomic E-state index is 12.9. The van der Waals surface area contributed by atoms with Crippen molar-refractivity contribution < 1.29 is 28.6 Å². The first kappa shape index (κ1) is 25.2. The maximum Gasteiger partial charge on any atom is 0.420 e. The minimum absolute atomic E-state index is 0.217. The molecule has 0 radical (unpaired) electrons. The minimum atomic E-state index is -0.855. The van der Waals surface area contributed by atoms with Crippen LogP contribution in [0, 0.1) is 0 Å². The molecule has 0 bridgehead atoms. The van der Waals surface area contributed by atoms with Crippen LogP contribution in [0.25, 0.3) is 0 Å². The van der Waals surface area contributed by atoms with Gasteiger partial charge in [0, 0.05) is 6.08 Å². The molecule has 0 fully saturated rings. The zero-order valence-electron chi connectivity index (χ0n) is 18.9. The molecule has 7 nitrogen and oxygen atoms in total. The molecule has 1 rings (SSSR count). The van der Waals surface area contributed by atoms with Crippen molar-refractivity contribution in [2.24, 2.45) is 0 Å². The molecule has 7 heteroatoms. The summed E-state index contributed by atoms with van der Waals surface area (Å²) < 4.78 is 15.8. The van der Waals surface area contributed by atoms with Crippen LogP contribution in [0.4, 0.5) is 9.59 Å². The fourth-order valence-corrected chi connectivity index (χ4v) is 2.45. The Hall–Kier alpha value is -2.83. The molecule has 0 saturated carbocycles. The molecule has 166 valence electrons. The van der Waals surface area contributed by atoms with E-state index in [-0.39, 0.29) is 13.0 Å². The lowest BCUT2D eigenvalue weighted by molar-refractivity contribution is -0.137. The van der Waals surface area contributed by atoms with E-state index in [0.29, 0.717) is 0 Å². The molecule has 30 heavy (non-hydrogen) atoms. The SMILES string of the molecule is CCOC(=O)/C=C/[C@H](Cc1ccccc1)N(C(=O)OC(C)(C)C)C(=O)OC(C)(C)C. The topological polar surface area (TPSA) is 82.1 Å². The van der Waals surface area contributed by atoms with Crippen LogP contribution in [0.5, 0.6) is 0 Å². The second-order valence-corrected chi connectivity index (χ2v) is 8.70. The standard InChI is InChI=1S/C23H33NO6/c1-8-28-19(25)15-14-18(16-17-12-10-9-11-13-17)24(20(26)29-22(2,3)4)21(27)30-23(5,6)7/h9-15,18H,8,16H2,1-7H3/b15-14+/t18-/m1/s1. The van der Waals surface area contributed by atoms with E-state index in [9.17, 15) is 14.4 Å². The van der Waals surface area contributed by atoms with E-state index in [4.69, 9.17) is 14.2 Å². The number of amides is 2. The Labute approximate surface area is 179 Å². The van der Waals surface area contributed by atoms with Crippen LogP contribution >= 0.6 is 0 Å². The highest BCUT2D eigenvalue weighted by Crippen LogP contribution is 2.20. The van der Waals surface area contributed by atoms with E-state index in [2.05, 4.69) is 0 Å². The first-order valence-corrected chi connectivity index (χ1v) is 9.96. The van der Waals surface area contributed by atoms with Gasteiger partial charge in [-0.3, -0.25) is 0 Å². The van der Waals surface area contributed by atoms with Gasteiger partial charge in [0.15, 0.2) is 0 Å². The van der Waals surface area contributed by atoms with Crippen LogP contribution in [0.2, 0.25) is 0 Å². The van der Waals surface area contributed by atoms with Gasteiger partial charge in [-0.1, -0.05) is 36.4 Å². The van der Waals surface area contributed by atoms with Crippen molar-refractivity contribution in [2.75, 3.05) is 6.61 Å². The zero-order chi connectivity index (χ0) is 22.9. The Kier molecular flexibility index (Phi) is 9.08. The van der Waals surface area contributed by atoms with Gasteiger partial charge in [-0.2, -0.15) is 0 Å². The molecule has 0 saturated heterocycles. The van der Waals surface area contributed by atoms with Crippen molar-refractivity contribution in [1.29, 1.82) is 0 Å². The van der Waals surface area contributed by atoms with E-state index < -0.39 is 35.4 Å². The third kappa shape index (κ3) is 9.58. The van der Waals surface area contributed by atoms with Gasteiger partial charge >= 0.3 is 18.2 Å². The van der Waals surface area contributed by atoms with Gasteiger partial charge in [0.2, 0.25) is 0 Å². The Morgan fingerprint density at radius 3 is 1.87 bits per heavy atom. The molecule has 0 aliphatic heterocycles. The van der Waals surface area contributed by atoms with Crippen molar-refractivity contribution in [1.82, 2.24) is 4.90 Å². The number of ether oxygens (including phenoxy) is 3. The highest BCUT2D eigenvalue weighted by molar-refractivity contribution is 5.89. The van der Waals surface area contributed by atoms with Crippen LogP contribution < -0.4 is 0 Å². The number of esters is 1. The highest BCUT2D eigenvalue weighted by atomic mass is 16.6. The Bertz CT molecular complexity index is 715. The zero-order valence-corrected chi connectivity index (χ0v) is 18.9. The molecule has 0 aliphatic rings. The highest BCUT2D eigenvalue weighted by Gasteiger charge is 2.36. The van der Waals surface area contributed by atoms with Gasteiger partial charge in [-0.15, -0.1) is 0 Å². The quantitative estimate of drug-likeness (QED) is 0.371. The molecule has 1 aromatic carbocycles. The van der Waals surface area contributed by atoms with Gasteiger partial charge in [0.05, 0.1) is 12.6 Å². The molecular formula is C23H33NO6. The molecule has 0 aromatic heterocycles.